The molecule has 6 nitrogen and oxygen atoms in total. The maximum atomic E-state index is 5.92. The Bertz CT molecular complexity index is 788. The fourth-order valence-electron chi connectivity index (χ4n) is 1.97. The van der Waals surface area contributed by atoms with Crippen LogP contribution in [0.5, 0.6) is 5.88 Å². The Kier molecular flexibility index (Phi) is 3.93. The molecule has 0 unspecified atom stereocenters. The van der Waals surface area contributed by atoms with Gasteiger partial charge in [0.15, 0.2) is 0 Å². The van der Waals surface area contributed by atoms with Crippen LogP contribution in [0.15, 0.2) is 42.7 Å². The van der Waals surface area contributed by atoms with Gasteiger partial charge in [0.1, 0.15) is 5.02 Å². The summed E-state index contributed by atoms with van der Waals surface area (Å²) in [4.78, 5) is 8.33. The van der Waals surface area contributed by atoms with Crippen molar-refractivity contribution < 1.29 is 4.74 Å². The van der Waals surface area contributed by atoms with Crippen molar-refractivity contribution in [1.29, 1.82) is 0 Å². The third-order valence-corrected chi connectivity index (χ3v) is 3.33. The molecular formula is C15H14ClN5O. The lowest BCUT2D eigenvalue weighted by Gasteiger charge is -2.05. The van der Waals surface area contributed by atoms with Crippen LogP contribution in [-0.2, 0) is 0 Å². The highest BCUT2D eigenvalue weighted by molar-refractivity contribution is 6.31. The zero-order valence-corrected chi connectivity index (χ0v) is 12.9. The number of methoxy groups -OCH3 is 1. The van der Waals surface area contributed by atoms with E-state index in [0.29, 0.717) is 16.9 Å². The molecule has 0 aliphatic rings. The number of benzene rings is 1. The Morgan fingerprint density at radius 1 is 1.23 bits per heavy atom. The summed E-state index contributed by atoms with van der Waals surface area (Å²) in [6, 6.07) is 9.86. The lowest BCUT2D eigenvalue weighted by Crippen LogP contribution is -1.99. The van der Waals surface area contributed by atoms with Gasteiger partial charge in [-0.2, -0.15) is 10.1 Å². The van der Waals surface area contributed by atoms with E-state index >= 15 is 0 Å². The molecule has 1 N–H and O–H groups in total. The molecule has 0 bridgehead atoms. The molecule has 22 heavy (non-hydrogen) atoms. The third-order valence-electron chi connectivity index (χ3n) is 3.07. The topological polar surface area (TPSA) is 64.9 Å². The highest BCUT2D eigenvalue weighted by Gasteiger charge is 2.10. The van der Waals surface area contributed by atoms with Gasteiger partial charge in [0, 0.05) is 0 Å². The second-order valence-electron chi connectivity index (χ2n) is 4.58. The number of para-hydroxylation sites is 1. The number of anilines is 2. The maximum Gasteiger partial charge on any atom is 0.237 e. The first-order valence-electron chi connectivity index (χ1n) is 6.62. The Hall–Kier alpha value is -2.60. The summed E-state index contributed by atoms with van der Waals surface area (Å²) in [5.74, 6) is 0.726. The number of halogens is 1. The molecule has 0 radical (unpaired) electrons. The summed E-state index contributed by atoms with van der Waals surface area (Å²) < 4.78 is 6.88. The van der Waals surface area contributed by atoms with Gasteiger partial charge in [0.2, 0.25) is 11.8 Å². The van der Waals surface area contributed by atoms with Crippen LogP contribution in [0.4, 0.5) is 11.6 Å². The van der Waals surface area contributed by atoms with Crippen molar-refractivity contribution in [1.82, 2.24) is 19.7 Å². The summed E-state index contributed by atoms with van der Waals surface area (Å²) in [5, 5.41) is 7.96. The van der Waals surface area contributed by atoms with E-state index in [9.17, 15) is 0 Å². The van der Waals surface area contributed by atoms with Crippen molar-refractivity contribution >= 4 is 23.2 Å². The standard InChI is InChI=1S/C15H14ClN5O/c1-10-13(9-21(20-10)11-6-4-3-5-7-11)18-15-17-8-12(16)14(19-15)22-2/h3-9H,1-2H3,(H,17,18,19). The average molecular weight is 316 g/mol. The van der Waals surface area contributed by atoms with Crippen molar-refractivity contribution in [2.75, 3.05) is 12.4 Å². The number of aryl methyl sites for hydroxylation is 1. The molecule has 0 saturated heterocycles. The van der Waals surface area contributed by atoms with E-state index in [1.54, 1.807) is 4.68 Å². The number of hydrogen-bond donors (Lipinski definition) is 1. The Morgan fingerprint density at radius 2 is 2.00 bits per heavy atom. The predicted octanol–water partition coefficient (Wildman–Crippen LogP) is 3.38. The summed E-state index contributed by atoms with van der Waals surface area (Å²) in [7, 11) is 1.51. The van der Waals surface area contributed by atoms with E-state index in [1.807, 2.05) is 43.5 Å². The molecule has 0 amide bonds. The van der Waals surface area contributed by atoms with Gasteiger partial charge in [-0.15, -0.1) is 0 Å². The van der Waals surface area contributed by atoms with Gasteiger partial charge in [0.25, 0.3) is 0 Å². The molecule has 7 heteroatoms. The van der Waals surface area contributed by atoms with Crippen LogP contribution in [0.25, 0.3) is 5.69 Å². The molecular weight excluding hydrogens is 302 g/mol. The Morgan fingerprint density at radius 3 is 2.73 bits per heavy atom. The van der Waals surface area contributed by atoms with E-state index < -0.39 is 0 Å². The van der Waals surface area contributed by atoms with E-state index in [0.717, 1.165) is 17.1 Å². The van der Waals surface area contributed by atoms with Crippen LogP contribution in [0.3, 0.4) is 0 Å². The van der Waals surface area contributed by atoms with Crippen LogP contribution >= 0.6 is 11.6 Å². The Balaban J connectivity index is 1.89. The molecule has 2 aromatic heterocycles. The minimum atomic E-state index is 0.326. The van der Waals surface area contributed by atoms with Crippen LogP contribution in [0.1, 0.15) is 5.69 Å². The van der Waals surface area contributed by atoms with Gasteiger partial charge in [-0.05, 0) is 19.1 Å². The van der Waals surface area contributed by atoms with Crippen molar-refractivity contribution in [3.8, 4) is 11.6 Å². The minimum absolute atomic E-state index is 0.326. The average Bonchev–Trinajstić information content (AvgIpc) is 2.91. The molecule has 3 rings (SSSR count). The fraction of sp³-hybridized carbons (Fsp3) is 0.133. The van der Waals surface area contributed by atoms with Gasteiger partial charge in [-0.1, -0.05) is 29.8 Å². The molecule has 1 aromatic carbocycles. The zero-order chi connectivity index (χ0) is 15.5. The molecule has 0 atom stereocenters. The number of aromatic nitrogens is 4. The predicted molar refractivity (Wildman–Crippen MR) is 85.2 cm³/mol. The fourth-order valence-corrected chi connectivity index (χ4v) is 2.14. The Labute approximate surface area is 132 Å². The number of ether oxygens (including phenoxy) is 1. The van der Waals surface area contributed by atoms with Gasteiger partial charge < -0.3 is 10.1 Å². The zero-order valence-electron chi connectivity index (χ0n) is 12.1. The van der Waals surface area contributed by atoms with Crippen LogP contribution in [-0.4, -0.2) is 26.9 Å². The first-order chi connectivity index (χ1) is 10.7. The van der Waals surface area contributed by atoms with E-state index in [2.05, 4.69) is 20.4 Å². The highest BCUT2D eigenvalue weighted by Crippen LogP contribution is 2.24. The van der Waals surface area contributed by atoms with Crippen molar-refractivity contribution in [3.63, 3.8) is 0 Å². The summed E-state index contributed by atoms with van der Waals surface area (Å²) >= 11 is 5.92. The maximum absolute atomic E-state index is 5.92. The molecule has 0 aliphatic heterocycles. The van der Waals surface area contributed by atoms with Crippen LogP contribution < -0.4 is 10.1 Å². The van der Waals surface area contributed by atoms with Crippen LogP contribution in [0, 0.1) is 6.92 Å². The van der Waals surface area contributed by atoms with Gasteiger partial charge in [-0.3, -0.25) is 0 Å². The highest BCUT2D eigenvalue weighted by atomic mass is 35.5. The largest absolute Gasteiger partial charge is 0.480 e. The number of nitrogens with zero attached hydrogens (tertiary/aromatic N) is 4. The van der Waals surface area contributed by atoms with E-state index in [1.165, 1.54) is 13.3 Å². The van der Waals surface area contributed by atoms with Crippen LogP contribution in [0.2, 0.25) is 5.02 Å². The van der Waals surface area contributed by atoms with Gasteiger partial charge >= 0.3 is 0 Å². The van der Waals surface area contributed by atoms with Crippen molar-refractivity contribution in [3.05, 3.63) is 53.4 Å². The summed E-state index contributed by atoms with van der Waals surface area (Å²) in [6.07, 6.45) is 3.38. The molecule has 0 fully saturated rings. The monoisotopic (exact) mass is 315 g/mol. The molecule has 0 aliphatic carbocycles. The molecule has 0 spiro atoms. The minimum Gasteiger partial charge on any atom is -0.480 e. The SMILES string of the molecule is COc1nc(Nc2cn(-c3ccccc3)nc2C)ncc1Cl. The number of nitrogens with one attached hydrogen (secondary N) is 1. The number of hydrogen-bond acceptors (Lipinski definition) is 5. The second kappa shape index (κ2) is 6.03. The molecule has 2 heterocycles. The molecule has 3 aromatic rings. The lowest BCUT2D eigenvalue weighted by atomic mass is 10.3. The van der Waals surface area contributed by atoms with Gasteiger partial charge in [0.05, 0.1) is 36.6 Å². The lowest BCUT2D eigenvalue weighted by molar-refractivity contribution is 0.398. The second-order valence-corrected chi connectivity index (χ2v) is 4.99. The third kappa shape index (κ3) is 2.87. The van der Waals surface area contributed by atoms with E-state index in [4.69, 9.17) is 16.3 Å². The smallest absolute Gasteiger partial charge is 0.237 e. The first-order valence-corrected chi connectivity index (χ1v) is 7.00. The summed E-state index contributed by atoms with van der Waals surface area (Å²) in [5.41, 5.74) is 2.63. The quantitative estimate of drug-likeness (QED) is 0.799. The van der Waals surface area contributed by atoms with Crippen molar-refractivity contribution in [2.24, 2.45) is 0 Å². The normalized spacial score (nSPS) is 10.5. The van der Waals surface area contributed by atoms with Crippen molar-refractivity contribution in [2.45, 2.75) is 6.92 Å². The molecule has 0 saturated carbocycles. The number of rotatable bonds is 4. The molecule has 112 valence electrons. The first kappa shape index (κ1) is 14.3. The summed E-state index contributed by atoms with van der Waals surface area (Å²) in [6.45, 7) is 1.91. The van der Waals surface area contributed by atoms with Gasteiger partial charge in [-0.25, -0.2) is 9.67 Å². The van der Waals surface area contributed by atoms with E-state index in [-0.39, 0.29) is 0 Å².